The summed E-state index contributed by atoms with van der Waals surface area (Å²) in [6.07, 6.45) is -0.191. The number of esters is 2. The van der Waals surface area contributed by atoms with Crippen LogP contribution in [0.4, 0.5) is 0 Å². The van der Waals surface area contributed by atoms with Crippen molar-refractivity contribution in [2.75, 3.05) is 13.2 Å². The minimum Gasteiger partial charge on any atom is -0.464 e. The lowest BCUT2D eigenvalue weighted by Crippen LogP contribution is -2.28. The van der Waals surface area contributed by atoms with Gasteiger partial charge in [0.1, 0.15) is 0 Å². The Balaban J connectivity index is 2.38. The predicted octanol–water partition coefficient (Wildman–Crippen LogP) is 0.660. The molecule has 5 heteroatoms. The first-order chi connectivity index (χ1) is 7.19. The zero-order valence-electron chi connectivity index (χ0n) is 9.02. The summed E-state index contributed by atoms with van der Waals surface area (Å²) >= 11 is 0. The standard InChI is InChI=1S/C10H16O5/c1-3-13-9(11)7-5-6-8(15-7)10(12)14-4-2/h7-8H,3-6H2,1-2H3. The van der Waals surface area contributed by atoms with Crippen LogP contribution in [0.2, 0.25) is 0 Å². The van der Waals surface area contributed by atoms with Crippen molar-refractivity contribution in [2.24, 2.45) is 0 Å². The molecule has 1 saturated heterocycles. The molecular formula is C10H16O5. The van der Waals surface area contributed by atoms with E-state index in [0.717, 1.165) is 0 Å². The maximum absolute atomic E-state index is 11.3. The van der Waals surface area contributed by atoms with Gasteiger partial charge in [0.05, 0.1) is 13.2 Å². The van der Waals surface area contributed by atoms with Crippen LogP contribution in [0.1, 0.15) is 26.7 Å². The smallest absolute Gasteiger partial charge is 0.335 e. The molecule has 15 heavy (non-hydrogen) atoms. The summed E-state index contributed by atoms with van der Waals surface area (Å²) in [4.78, 5) is 22.5. The average molecular weight is 216 g/mol. The number of ether oxygens (including phenoxy) is 3. The highest BCUT2D eigenvalue weighted by atomic mass is 16.6. The van der Waals surface area contributed by atoms with E-state index in [1.807, 2.05) is 0 Å². The lowest BCUT2D eigenvalue weighted by Gasteiger charge is -2.11. The summed E-state index contributed by atoms with van der Waals surface area (Å²) in [7, 11) is 0. The van der Waals surface area contributed by atoms with E-state index < -0.39 is 24.1 Å². The van der Waals surface area contributed by atoms with Crippen LogP contribution in [-0.2, 0) is 23.8 Å². The van der Waals surface area contributed by atoms with Gasteiger partial charge < -0.3 is 14.2 Å². The first-order valence-electron chi connectivity index (χ1n) is 5.17. The van der Waals surface area contributed by atoms with Crippen molar-refractivity contribution in [3.8, 4) is 0 Å². The summed E-state index contributed by atoms with van der Waals surface area (Å²) in [6.45, 7) is 4.11. The summed E-state index contributed by atoms with van der Waals surface area (Å²) in [5.74, 6) is -0.798. The maximum atomic E-state index is 11.3. The monoisotopic (exact) mass is 216 g/mol. The van der Waals surface area contributed by atoms with Gasteiger partial charge in [-0.15, -0.1) is 0 Å². The summed E-state index contributed by atoms with van der Waals surface area (Å²) in [6, 6.07) is 0. The normalized spacial score (nSPS) is 24.9. The molecule has 0 saturated carbocycles. The maximum Gasteiger partial charge on any atom is 0.335 e. The summed E-state index contributed by atoms with van der Waals surface area (Å²) < 4.78 is 14.8. The van der Waals surface area contributed by atoms with Crippen LogP contribution in [0, 0.1) is 0 Å². The van der Waals surface area contributed by atoms with E-state index in [4.69, 9.17) is 14.2 Å². The van der Waals surface area contributed by atoms with Gasteiger partial charge in [-0.2, -0.15) is 0 Å². The number of rotatable bonds is 4. The van der Waals surface area contributed by atoms with Crippen molar-refractivity contribution < 1.29 is 23.8 Å². The largest absolute Gasteiger partial charge is 0.464 e. The highest BCUT2D eigenvalue weighted by Crippen LogP contribution is 2.21. The second-order valence-corrected chi connectivity index (χ2v) is 3.19. The molecule has 0 aromatic rings. The van der Waals surface area contributed by atoms with E-state index in [1.54, 1.807) is 13.8 Å². The van der Waals surface area contributed by atoms with Gasteiger partial charge in [0, 0.05) is 0 Å². The van der Waals surface area contributed by atoms with Crippen LogP contribution < -0.4 is 0 Å². The molecule has 0 aliphatic carbocycles. The molecule has 1 fully saturated rings. The molecule has 0 spiro atoms. The third-order valence-electron chi connectivity index (χ3n) is 2.12. The summed E-state index contributed by atoms with van der Waals surface area (Å²) in [5.41, 5.74) is 0. The number of hydrogen-bond donors (Lipinski definition) is 0. The Morgan fingerprint density at radius 3 is 1.80 bits per heavy atom. The predicted molar refractivity (Wildman–Crippen MR) is 51.2 cm³/mol. The Kier molecular flexibility index (Phi) is 4.55. The fourth-order valence-corrected chi connectivity index (χ4v) is 1.45. The molecule has 2 unspecified atom stereocenters. The molecule has 0 bridgehead atoms. The molecule has 1 aliphatic heterocycles. The molecule has 1 rings (SSSR count). The molecule has 0 N–H and O–H groups in total. The lowest BCUT2D eigenvalue weighted by atomic mass is 10.2. The molecule has 86 valence electrons. The minimum atomic E-state index is -0.612. The van der Waals surface area contributed by atoms with E-state index in [0.29, 0.717) is 26.1 Å². The van der Waals surface area contributed by atoms with Crippen LogP contribution in [-0.4, -0.2) is 37.4 Å². The zero-order valence-corrected chi connectivity index (χ0v) is 9.02. The molecule has 0 radical (unpaired) electrons. The number of carbonyl (C=O) groups excluding carboxylic acids is 2. The lowest BCUT2D eigenvalue weighted by molar-refractivity contribution is -0.164. The minimum absolute atomic E-state index is 0.322. The third-order valence-corrected chi connectivity index (χ3v) is 2.12. The molecule has 0 amide bonds. The SMILES string of the molecule is CCOC(=O)C1CCC(C(=O)OCC)O1. The number of hydrogen-bond acceptors (Lipinski definition) is 5. The van der Waals surface area contributed by atoms with Crippen molar-refractivity contribution in [3.63, 3.8) is 0 Å². The van der Waals surface area contributed by atoms with Gasteiger partial charge in [0.2, 0.25) is 0 Å². The topological polar surface area (TPSA) is 61.8 Å². The second-order valence-electron chi connectivity index (χ2n) is 3.19. The molecule has 2 atom stereocenters. The quantitative estimate of drug-likeness (QED) is 0.646. The van der Waals surface area contributed by atoms with Gasteiger partial charge in [-0.05, 0) is 26.7 Å². The molecule has 0 aromatic carbocycles. The van der Waals surface area contributed by atoms with Gasteiger partial charge in [-0.1, -0.05) is 0 Å². The van der Waals surface area contributed by atoms with Gasteiger partial charge in [-0.25, -0.2) is 9.59 Å². The third kappa shape index (κ3) is 3.20. The highest BCUT2D eigenvalue weighted by molar-refractivity contribution is 5.79. The highest BCUT2D eigenvalue weighted by Gasteiger charge is 2.36. The van der Waals surface area contributed by atoms with Crippen molar-refractivity contribution in [3.05, 3.63) is 0 Å². The van der Waals surface area contributed by atoms with Crippen molar-refractivity contribution in [2.45, 2.75) is 38.9 Å². The van der Waals surface area contributed by atoms with Gasteiger partial charge in [0.15, 0.2) is 12.2 Å². The summed E-state index contributed by atoms with van der Waals surface area (Å²) in [5, 5.41) is 0. The van der Waals surface area contributed by atoms with E-state index in [2.05, 4.69) is 0 Å². The second kappa shape index (κ2) is 5.70. The van der Waals surface area contributed by atoms with Crippen LogP contribution in [0.25, 0.3) is 0 Å². The van der Waals surface area contributed by atoms with Crippen LogP contribution in [0.5, 0.6) is 0 Å². The van der Waals surface area contributed by atoms with Gasteiger partial charge in [0.25, 0.3) is 0 Å². The molecule has 1 aliphatic rings. The molecule has 5 nitrogen and oxygen atoms in total. The van der Waals surface area contributed by atoms with E-state index >= 15 is 0 Å². The fourth-order valence-electron chi connectivity index (χ4n) is 1.45. The Labute approximate surface area is 88.7 Å². The number of carbonyl (C=O) groups is 2. The van der Waals surface area contributed by atoms with Gasteiger partial charge >= 0.3 is 11.9 Å². The first kappa shape index (κ1) is 12.0. The van der Waals surface area contributed by atoms with Crippen molar-refractivity contribution in [1.29, 1.82) is 0 Å². The van der Waals surface area contributed by atoms with E-state index in [9.17, 15) is 9.59 Å². The van der Waals surface area contributed by atoms with Crippen LogP contribution in [0.15, 0.2) is 0 Å². The first-order valence-corrected chi connectivity index (χ1v) is 5.17. The Hall–Kier alpha value is -1.10. The van der Waals surface area contributed by atoms with Gasteiger partial charge in [-0.3, -0.25) is 0 Å². The zero-order chi connectivity index (χ0) is 11.3. The molecule has 1 heterocycles. The Morgan fingerprint density at radius 1 is 1.07 bits per heavy atom. The van der Waals surface area contributed by atoms with Crippen LogP contribution >= 0.6 is 0 Å². The molecule has 0 aromatic heterocycles. The van der Waals surface area contributed by atoms with Crippen LogP contribution in [0.3, 0.4) is 0 Å². The fraction of sp³-hybridized carbons (Fsp3) is 0.800. The Bertz CT molecular complexity index is 214. The average Bonchev–Trinajstić information content (AvgIpc) is 2.67. The molecular weight excluding hydrogens is 200 g/mol. The van der Waals surface area contributed by atoms with Crippen molar-refractivity contribution >= 4 is 11.9 Å². The Morgan fingerprint density at radius 2 is 1.47 bits per heavy atom. The van der Waals surface area contributed by atoms with Crippen molar-refractivity contribution in [1.82, 2.24) is 0 Å². The van der Waals surface area contributed by atoms with E-state index in [-0.39, 0.29) is 0 Å². The van der Waals surface area contributed by atoms with E-state index in [1.165, 1.54) is 0 Å².